The standard InChI is InChI=1S/C21H14ClN3O4/c1-12-5-8-19-18(9-12)24-21(29-19)14-6-7-16(22)17(11-14)23-20(26)13-3-2-4-15(10-13)25(27)28/h2-11H,1H3,(H,23,26). The quantitative estimate of drug-likeness (QED) is 0.350. The maximum atomic E-state index is 12.5. The van der Waals surface area contributed by atoms with Crippen LogP contribution in [0.4, 0.5) is 11.4 Å². The summed E-state index contributed by atoms with van der Waals surface area (Å²) in [6, 6.07) is 16.2. The van der Waals surface area contributed by atoms with E-state index in [0.717, 1.165) is 11.1 Å². The minimum absolute atomic E-state index is 0.151. The zero-order valence-corrected chi connectivity index (χ0v) is 15.9. The first kappa shape index (κ1) is 18.6. The Hall–Kier alpha value is -3.71. The number of nitro groups is 1. The number of aromatic nitrogens is 1. The molecule has 144 valence electrons. The predicted molar refractivity (Wildman–Crippen MR) is 110 cm³/mol. The van der Waals surface area contributed by atoms with Crippen molar-refractivity contribution in [2.45, 2.75) is 6.92 Å². The van der Waals surface area contributed by atoms with Crippen LogP contribution in [0.15, 0.2) is 65.1 Å². The van der Waals surface area contributed by atoms with Crippen LogP contribution in [0, 0.1) is 17.0 Å². The summed E-state index contributed by atoms with van der Waals surface area (Å²) < 4.78 is 5.79. The van der Waals surface area contributed by atoms with Gasteiger partial charge in [-0.1, -0.05) is 23.7 Å². The Bertz CT molecular complexity index is 1270. The third-order valence-corrected chi connectivity index (χ3v) is 4.65. The molecule has 0 radical (unpaired) electrons. The molecule has 1 N–H and O–H groups in total. The highest BCUT2D eigenvalue weighted by molar-refractivity contribution is 6.34. The van der Waals surface area contributed by atoms with Gasteiger partial charge in [0.05, 0.1) is 15.6 Å². The molecule has 4 aromatic rings. The Morgan fingerprint density at radius 1 is 1.14 bits per heavy atom. The zero-order valence-electron chi connectivity index (χ0n) is 15.2. The van der Waals surface area contributed by atoms with E-state index < -0.39 is 10.8 Å². The van der Waals surface area contributed by atoms with Crippen molar-refractivity contribution in [3.05, 3.63) is 86.9 Å². The van der Waals surface area contributed by atoms with Gasteiger partial charge in [0.25, 0.3) is 11.6 Å². The normalized spacial score (nSPS) is 10.8. The van der Waals surface area contributed by atoms with Gasteiger partial charge in [-0.2, -0.15) is 0 Å². The number of carbonyl (C=O) groups is 1. The van der Waals surface area contributed by atoms with Crippen molar-refractivity contribution in [2.75, 3.05) is 5.32 Å². The summed E-state index contributed by atoms with van der Waals surface area (Å²) in [6.07, 6.45) is 0. The number of carbonyl (C=O) groups excluding carboxylic acids is 1. The van der Waals surface area contributed by atoms with Gasteiger partial charge >= 0.3 is 0 Å². The number of nitro benzene ring substituents is 1. The van der Waals surface area contributed by atoms with Gasteiger partial charge in [-0.15, -0.1) is 0 Å². The van der Waals surface area contributed by atoms with Crippen molar-refractivity contribution in [2.24, 2.45) is 0 Å². The Balaban J connectivity index is 1.65. The second-order valence-electron chi connectivity index (χ2n) is 6.45. The molecule has 0 atom stereocenters. The van der Waals surface area contributed by atoms with Crippen molar-refractivity contribution in [1.29, 1.82) is 0 Å². The number of benzene rings is 3. The maximum absolute atomic E-state index is 12.5. The summed E-state index contributed by atoms with van der Waals surface area (Å²) in [7, 11) is 0. The molecule has 0 aliphatic heterocycles. The number of oxazole rings is 1. The van der Waals surface area contributed by atoms with E-state index in [9.17, 15) is 14.9 Å². The third kappa shape index (κ3) is 3.81. The number of halogens is 1. The average molecular weight is 408 g/mol. The van der Waals surface area contributed by atoms with E-state index in [0.29, 0.717) is 27.7 Å². The molecule has 4 rings (SSSR count). The average Bonchev–Trinajstić information content (AvgIpc) is 3.12. The van der Waals surface area contributed by atoms with Crippen LogP contribution in [-0.2, 0) is 0 Å². The molecule has 1 heterocycles. The van der Waals surface area contributed by atoms with Crippen LogP contribution in [0.1, 0.15) is 15.9 Å². The molecule has 3 aromatic carbocycles. The topological polar surface area (TPSA) is 98.3 Å². The molecule has 0 bridgehead atoms. The molecule has 0 saturated heterocycles. The number of nitrogens with one attached hydrogen (secondary N) is 1. The van der Waals surface area contributed by atoms with Gasteiger partial charge in [-0.05, 0) is 48.9 Å². The Kier molecular flexibility index (Phi) is 4.74. The summed E-state index contributed by atoms with van der Waals surface area (Å²) >= 11 is 6.22. The maximum Gasteiger partial charge on any atom is 0.270 e. The van der Waals surface area contributed by atoms with E-state index in [-0.39, 0.29) is 11.3 Å². The minimum Gasteiger partial charge on any atom is -0.436 e. The number of aryl methyl sites for hydroxylation is 1. The highest BCUT2D eigenvalue weighted by Gasteiger charge is 2.15. The molecule has 8 heteroatoms. The van der Waals surface area contributed by atoms with Crippen LogP contribution in [0.25, 0.3) is 22.6 Å². The van der Waals surface area contributed by atoms with E-state index in [1.807, 2.05) is 25.1 Å². The van der Waals surface area contributed by atoms with E-state index >= 15 is 0 Å². The number of anilines is 1. The lowest BCUT2D eigenvalue weighted by atomic mass is 10.1. The van der Waals surface area contributed by atoms with Gasteiger partial charge < -0.3 is 9.73 Å². The Morgan fingerprint density at radius 2 is 1.97 bits per heavy atom. The summed E-state index contributed by atoms with van der Waals surface area (Å²) in [6.45, 7) is 1.97. The van der Waals surface area contributed by atoms with Crippen molar-refractivity contribution < 1.29 is 14.1 Å². The summed E-state index contributed by atoms with van der Waals surface area (Å²) in [5.41, 5.74) is 3.42. The summed E-state index contributed by atoms with van der Waals surface area (Å²) in [5, 5.41) is 13.9. The number of non-ortho nitro benzene ring substituents is 1. The number of amides is 1. The minimum atomic E-state index is -0.556. The summed E-state index contributed by atoms with van der Waals surface area (Å²) in [5.74, 6) is -0.117. The fourth-order valence-electron chi connectivity index (χ4n) is 2.87. The smallest absolute Gasteiger partial charge is 0.270 e. The van der Waals surface area contributed by atoms with E-state index in [1.165, 1.54) is 24.3 Å². The van der Waals surface area contributed by atoms with E-state index in [1.54, 1.807) is 18.2 Å². The lowest BCUT2D eigenvalue weighted by Crippen LogP contribution is -2.12. The largest absolute Gasteiger partial charge is 0.436 e. The monoisotopic (exact) mass is 407 g/mol. The third-order valence-electron chi connectivity index (χ3n) is 4.32. The van der Waals surface area contributed by atoms with Crippen LogP contribution < -0.4 is 5.32 Å². The van der Waals surface area contributed by atoms with Crippen molar-refractivity contribution >= 4 is 40.0 Å². The number of fused-ring (bicyclic) bond motifs is 1. The van der Waals surface area contributed by atoms with Gasteiger partial charge in [-0.25, -0.2) is 4.98 Å². The molecule has 0 unspecified atom stereocenters. The lowest BCUT2D eigenvalue weighted by molar-refractivity contribution is -0.384. The fraction of sp³-hybridized carbons (Fsp3) is 0.0476. The summed E-state index contributed by atoms with van der Waals surface area (Å²) in [4.78, 5) is 27.4. The molecule has 7 nitrogen and oxygen atoms in total. The van der Waals surface area contributed by atoms with Crippen molar-refractivity contribution in [3.8, 4) is 11.5 Å². The van der Waals surface area contributed by atoms with Crippen LogP contribution in [-0.4, -0.2) is 15.8 Å². The molecule has 0 aliphatic rings. The van der Waals surface area contributed by atoms with Gasteiger partial charge in [0.2, 0.25) is 5.89 Å². The number of nitrogens with zero attached hydrogens (tertiary/aromatic N) is 2. The molecule has 0 saturated carbocycles. The fourth-order valence-corrected chi connectivity index (χ4v) is 3.04. The van der Waals surface area contributed by atoms with E-state index in [2.05, 4.69) is 10.3 Å². The Labute approximate surface area is 170 Å². The van der Waals surface area contributed by atoms with Crippen molar-refractivity contribution in [1.82, 2.24) is 4.98 Å². The second kappa shape index (κ2) is 7.37. The zero-order chi connectivity index (χ0) is 20.5. The van der Waals surface area contributed by atoms with Crippen molar-refractivity contribution in [3.63, 3.8) is 0 Å². The molecular formula is C21H14ClN3O4. The molecule has 1 amide bonds. The highest BCUT2D eigenvalue weighted by Crippen LogP contribution is 2.31. The number of rotatable bonds is 4. The molecule has 0 spiro atoms. The number of hydrogen-bond donors (Lipinski definition) is 1. The van der Waals surface area contributed by atoms with Gasteiger partial charge in [0, 0.05) is 23.3 Å². The van der Waals surface area contributed by atoms with Gasteiger partial charge in [0.15, 0.2) is 5.58 Å². The predicted octanol–water partition coefficient (Wildman–Crippen LogP) is 5.62. The Morgan fingerprint density at radius 3 is 2.76 bits per heavy atom. The lowest BCUT2D eigenvalue weighted by Gasteiger charge is -2.08. The van der Waals surface area contributed by atoms with Crippen LogP contribution in [0.5, 0.6) is 0 Å². The first-order valence-electron chi connectivity index (χ1n) is 8.63. The molecule has 0 fully saturated rings. The van der Waals surface area contributed by atoms with Crippen LogP contribution in [0.3, 0.4) is 0 Å². The molecule has 29 heavy (non-hydrogen) atoms. The number of hydrogen-bond acceptors (Lipinski definition) is 5. The van der Waals surface area contributed by atoms with Crippen LogP contribution >= 0.6 is 11.6 Å². The van der Waals surface area contributed by atoms with Gasteiger partial charge in [0.1, 0.15) is 5.52 Å². The highest BCUT2D eigenvalue weighted by atomic mass is 35.5. The molecule has 1 aromatic heterocycles. The SMILES string of the molecule is Cc1ccc2oc(-c3ccc(Cl)c(NC(=O)c4cccc([N+](=O)[O-])c4)c3)nc2c1. The van der Waals surface area contributed by atoms with Crippen LogP contribution in [0.2, 0.25) is 5.02 Å². The van der Waals surface area contributed by atoms with Gasteiger partial charge in [-0.3, -0.25) is 14.9 Å². The first-order chi connectivity index (χ1) is 13.9. The first-order valence-corrected chi connectivity index (χ1v) is 9.01. The second-order valence-corrected chi connectivity index (χ2v) is 6.85. The molecule has 0 aliphatic carbocycles. The molecular weight excluding hydrogens is 394 g/mol. The van der Waals surface area contributed by atoms with E-state index in [4.69, 9.17) is 16.0 Å².